The van der Waals surface area contributed by atoms with Gasteiger partial charge in [0.25, 0.3) is 0 Å². The number of benzene rings is 1. The highest BCUT2D eigenvalue weighted by Crippen LogP contribution is 2.32. The number of aliphatic hydroxyl groups is 2. The fourth-order valence-electron chi connectivity index (χ4n) is 3.30. The highest BCUT2D eigenvalue weighted by Gasteiger charge is 2.52. The third kappa shape index (κ3) is 4.32. The zero-order chi connectivity index (χ0) is 17.6. The van der Waals surface area contributed by atoms with E-state index in [0.29, 0.717) is 19.3 Å². The lowest BCUT2D eigenvalue weighted by atomic mass is 9.87. The van der Waals surface area contributed by atoms with Crippen molar-refractivity contribution < 1.29 is 19.4 Å². The van der Waals surface area contributed by atoms with Crippen LogP contribution >= 0.6 is 0 Å². The zero-order valence-corrected chi connectivity index (χ0v) is 14.0. The Hall–Kier alpha value is -1.50. The van der Waals surface area contributed by atoms with Crippen LogP contribution in [-0.4, -0.2) is 53.1 Å². The fourth-order valence-corrected chi connectivity index (χ4v) is 3.30. The molecular weight excluding hydrogens is 311 g/mol. The van der Waals surface area contributed by atoms with Gasteiger partial charge in [-0.25, -0.2) is 4.39 Å². The predicted octanol–water partition coefficient (Wildman–Crippen LogP) is 0.937. The average Bonchev–Trinajstić information content (AvgIpc) is 2.85. The molecule has 6 heteroatoms. The molecule has 1 fully saturated rings. The van der Waals surface area contributed by atoms with Crippen LogP contribution in [0.2, 0.25) is 0 Å². The lowest BCUT2D eigenvalue weighted by Crippen LogP contribution is -2.56. The van der Waals surface area contributed by atoms with Gasteiger partial charge in [-0.3, -0.25) is 10.1 Å². The summed E-state index contributed by atoms with van der Waals surface area (Å²) in [4.78, 5) is 11.6. The third-order valence-electron chi connectivity index (χ3n) is 4.76. The minimum atomic E-state index is -1.54. The molecule has 134 valence electrons. The van der Waals surface area contributed by atoms with E-state index in [2.05, 4.69) is 10.6 Å². The van der Waals surface area contributed by atoms with E-state index in [1.165, 1.54) is 0 Å². The maximum atomic E-state index is 14.8. The Bertz CT molecular complexity index is 528. The molecule has 4 N–H and O–H groups in total. The second-order valence-electron chi connectivity index (χ2n) is 6.45. The number of hydrogen-bond donors (Lipinski definition) is 4. The molecule has 0 spiro atoms. The van der Waals surface area contributed by atoms with Gasteiger partial charge in [0.2, 0.25) is 5.91 Å². The monoisotopic (exact) mass is 338 g/mol. The molecule has 0 saturated carbocycles. The lowest BCUT2D eigenvalue weighted by Gasteiger charge is -2.32. The van der Waals surface area contributed by atoms with E-state index in [4.69, 9.17) is 0 Å². The Morgan fingerprint density at radius 3 is 2.67 bits per heavy atom. The second-order valence-corrected chi connectivity index (χ2v) is 6.45. The van der Waals surface area contributed by atoms with E-state index in [9.17, 15) is 19.4 Å². The van der Waals surface area contributed by atoms with Gasteiger partial charge in [-0.15, -0.1) is 0 Å². The molecule has 1 aliphatic rings. The number of carbonyl (C=O) groups excluding carboxylic acids is 1. The number of aryl methyl sites for hydroxylation is 1. The molecule has 0 bridgehead atoms. The van der Waals surface area contributed by atoms with E-state index in [0.717, 1.165) is 12.0 Å². The van der Waals surface area contributed by atoms with Crippen molar-refractivity contribution >= 4 is 5.91 Å². The van der Waals surface area contributed by atoms with Gasteiger partial charge in [0, 0.05) is 13.0 Å². The minimum Gasteiger partial charge on any atom is -0.395 e. The molecule has 1 aromatic rings. The SMILES string of the molecule is CCC(=O)NC[C@@]1(CCCc2ccccc2)N[C@H](CO)[C@@H](O)[C@@H]1F. The summed E-state index contributed by atoms with van der Waals surface area (Å²) in [5, 5.41) is 25.1. The Balaban J connectivity index is 2.03. The molecule has 4 atom stereocenters. The lowest BCUT2D eigenvalue weighted by molar-refractivity contribution is -0.121. The highest BCUT2D eigenvalue weighted by molar-refractivity contribution is 5.75. The van der Waals surface area contributed by atoms with E-state index in [1.807, 2.05) is 30.3 Å². The third-order valence-corrected chi connectivity index (χ3v) is 4.76. The first-order valence-electron chi connectivity index (χ1n) is 8.53. The Labute approximate surface area is 142 Å². The van der Waals surface area contributed by atoms with Gasteiger partial charge in [-0.05, 0) is 24.8 Å². The molecular formula is C18H27FN2O3. The summed E-state index contributed by atoms with van der Waals surface area (Å²) in [6, 6.07) is 9.20. The summed E-state index contributed by atoms with van der Waals surface area (Å²) in [5.41, 5.74) is 0.116. The Morgan fingerprint density at radius 1 is 1.38 bits per heavy atom. The molecule has 1 saturated heterocycles. The van der Waals surface area contributed by atoms with Crippen molar-refractivity contribution in [2.24, 2.45) is 0 Å². The second kappa shape index (κ2) is 8.55. The number of alkyl halides is 1. The van der Waals surface area contributed by atoms with Crippen LogP contribution < -0.4 is 10.6 Å². The summed E-state index contributed by atoms with van der Waals surface area (Å²) in [5.74, 6) is -0.159. The van der Waals surface area contributed by atoms with Crippen LogP contribution in [0.1, 0.15) is 31.7 Å². The first-order valence-corrected chi connectivity index (χ1v) is 8.53. The van der Waals surface area contributed by atoms with Crippen molar-refractivity contribution in [3.63, 3.8) is 0 Å². The van der Waals surface area contributed by atoms with E-state index in [-0.39, 0.29) is 19.1 Å². The molecule has 1 heterocycles. The van der Waals surface area contributed by atoms with E-state index >= 15 is 0 Å². The molecule has 1 aromatic carbocycles. The topological polar surface area (TPSA) is 81.6 Å². The van der Waals surface area contributed by atoms with Crippen molar-refractivity contribution in [3.05, 3.63) is 35.9 Å². The molecule has 24 heavy (non-hydrogen) atoms. The van der Waals surface area contributed by atoms with Crippen molar-refractivity contribution in [3.8, 4) is 0 Å². The van der Waals surface area contributed by atoms with Gasteiger partial charge in [0.15, 0.2) is 0 Å². The zero-order valence-electron chi connectivity index (χ0n) is 14.0. The molecule has 0 aromatic heterocycles. The number of nitrogens with one attached hydrogen (secondary N) is 2. The number of amides is 1. The first kappa shape index (κ1) is 18.8. The van der Waals surface area contributed by atoms with Crippen LogP contribution in [0.25, 0.3) is 0 Å². The summed E-state index contributed by atoms with van der Waals surface area (Å²) in [6.07, 6.45) is -0.528. The van der Waals surface area contributed by atoms with Crippen LogP contribution in [0.5, 0.6) is 0 Å². The molecule has 1 aliphatic heterocycles. The maximum Gasteiger partial charge on any atom is 0.219 e. The normalized spacial score (nSPS) is 29.6. The summed E-state index contributed by atoms with van der Waals surface area (Å²) in [7, 11) is 0. The van der Waals surface area contributed by atoms with Crippen molar-refractivity contribution in [1.29, 1.82) is 0 Å². The molecule has 5 nitrogen and oxygen atoms in total. The van der Waals surface area contributed by atoms with Gasteiger partial charge in [-0.2, -0.15) is 0 Å². The predicted molar refractivity (Wildman–Crippen MR) is 90.3 cm³/mol. The van der Waals surface area contributed by atoms with Crippen LogP contribution in [0, 0.1) is 0 Å². The quantitative estimate of drug-likeness (QED) is 0.569. The number of hydrogen-bond acceptors (Lipinski definition) is 4. The highest BCUT2D eigenvalue weighted by atomic mass is 19.1. The van der Waals surface area contributed by atoms with Gasteiger partial charge in [0.1, 0.15) is 12.3 Å². The Morgan fingerprint density at radius 2 is 2.08 bits per heavy atom. The van der Waals surface area contributed by atoms with Crippen molar-refractivity contribution in [1.82, 2.24) is 10.6 Å². The fraction of sp³-hybridized carbons (Fsp3) is 0.611. The molecule has 2 rings (SSSR count). The first-order chi connectivity index (χ1) is 11.5. The summed E-state index contributed by atoms with van der Waals surface area (Å²) >= 11 is 0. The molecule has 0 unspecified atom stereocenters. The smallest absolute Gasteiger partial charge is 0.219 e. The van der Waals surface area contributed by atoms with Gasteiger partial charge in [0.05, 0.1) is 18.2 Å². The average molecular weight is 338 g/mol. The van der Waals surface area contributed by atoms with Crippen molar-refractivity contribution in [2.45, 2.75) is 56.5 Å². The maximum absolute atomic E-state index is 14.8. The van der Waals surface area contributed by atoms with E-state index in [1.54, 1.807) is 6.92 Å². The molecule has 0 radical (unpaired) electrons. The molecule has 0 aliphatic carbocycles. The number of rotatable bonds is 8. The molecule has 1 amide bonds. The summed E-state index contributed by atoms with van der Waals surface area (Å²) < 4.78 is 14.8. The van der Waals surface area contributed by atoms with Gasteiger partial charge < -0.3 is 15.5 Å². The van der Waals surface area contributed by atoms with Crippen molar-refractivity contribution in [2.75, 3.05) is 13.2 Å². The minimum absolute atomic E-state index is 0.100. The van der Waals surface area contributed by atoms with Crippen LogP contribution in [0.4, 0.5) is 4.39 Å². The van der Waals surface area contributed by atoms with Crippen LogP contribution in [0.15, 0.2) is 30.3 Å². The summed E-state index contributed by atoms with van der Waals surface area (Å²) in [6.45, 7) is 1.49. The number of aliphatic hydroxyl groups excluding tert-OH is 2. The van der Waals surface area contributed by atoms with Crippen LogP contribution in [0.3, 0.4) is 0 Å². The van der Waals surface area contributed by atoms with Gasteiger partial charge in [-0.1, -0.05) is 37.3 Å². The standard InChI is InChI=1S/C18H27FN2O3/c1-2-15(23)20-12-18(17(19)16(24)14(11-22)21-18)10-6-9-13-7-4-3-5-8-13/h3-5,7-8,14,16-17,21-22,24H,2,6,9-12H2,1H3,(H,20,23)/t14-,16-,17+,18-/m1/s1. The van der Waals surface area contributed by atoms with Crippen LogP contribution in [-0.2, 0) is 11.2 Å². The number of halogens is 1. The Kier molecular flexibility index (Phi) is 6.71. The number of carbonyl (C=O) groups is 1. The largest absolute Gasteiger partial charge is 0.395 e. The van der Waals surface area contributed by atoms with E-state index < -0.39 is 23.9 Å². The van der Waals surface area contributed by atoms with Gasteiger partial charge >= 0.3 is 0 Å².